The fourth-order valence-electron chi connectivity index (χ4n) is 5.14. The van der Waals surface area contributed by atoms with E-state index in [1.165, 1.54) is 5.56 Å². The summed E-state index contributed by atoms with van der Waals surface area (Å²) in [4.78, 5) is 15.6. The van der Waals surface area contributed by atoms with Gasteiger partial charge in [-0.1, -0.05) is 35.9 Å². The van der Waals surface area contributed by atoms with Crippen molar-refractivity contribution in [2.24, 2.45) is 5.92 Å². The van der Waals surface area contributed by atoms with Crippen LogP contribution in [0.25, 0.3) is 0 Å². The molecule has 2 aliphatic rings. The van der Waals surface area contributed by atoms with Crippen LogP contribution >= 0.6 is 0 Å². The Morgan fingerprint density at radius 2 is 1.60 bits per heavy atom. The van der Waals surface area contributed by atoms with Crippen molar-refractivity contribution >= 4 is 21.6 Å². The molecule has 2 heterocycles. The van der Waals surface area contributed by atoms with Gasteiger partial charge in [0.05, 0.1) is 4.90 Å². The third kappa shape index (κ3) is 3.56. The van der Waals surface area contributed by atoms with E-state index >= 15 is 0 Å². The molecule has 2 aliphatic heterocycles. The molecule has 5 nitrogen and oxygen atoms in total. The number of nitrogens with zero attached hydrogens (tertiary/aromatic N) is 2. The summed E-state index contributed by atoms with van der Waals surface area (Å²) in [5.74, 6) is -0.00235. The number of hydrogen-bond donors (Lipinski definition) is 0. The van der Waals surface area contributed by atoms with E-state index in [9.17, 15) is 13.2 Å². The summed E-state index contributed by atoms with van der Waals surface area (Å²) >= 11 is 0. The zero-order valence-electron chi connectivity index (χ0n) is 18.2. The lowest BCUT2D eigenvalue weighted by Crippen LogP contribution is -2.46. The van der Waals surface area contributed by atoms with Gasteiger partial charge in [0.25, 0.3) is 0 Å². The Morgan fingerprint density at radius 1 is 1.00 bits per heavy atom. The van der Waals surface area contributed by atoms with Gasteiger partial charge in [-0.25, -0.2) is 8.42 Å². The number of carbonyl (C=O) groups is 1. The SMILES string of the molecule is Cc1cc(C)c(S(=O)(=O)N2CCC(C(=O)N3c4ccccc4CC3C)CC2)c(C)c1. The molecule has 160 valence electrons. The summed E-state index contributed by atoms with van der Waals surface area (Å²) in [5, 5.41) is 0. The van der Waals surface area contributed by atoms with E-state index in [-0.39, 0.29) is 17.9 Å². The second kappa shape index (κ2) is 7.82. The Labute approximate surface area is 179 Å². The first-order valence-electron chi connectivity index (χ1n) is 10.7. The van der Waals surface area contributed by atoms with Crippen LogP contribution in [0.15, 0.2) is 41.3 Å². The summed E-state index contributed by atoms with van der Waals surface area (Å²) in [6.45, 7) is 8.54. The molecule has 2 aromatic carbocycles. The smallest absolute Gasteiger partial charge is 0.243 e. The second-order valence-electron chi connectivity index (χ2n) is 8.80. The van der Waals surface area contributed by atoms with Gasteiger partial charge in [-0.05, 0) is 69.7 Å². The Hall–Kier alpha value is -2.18. The number of para-hydroxylation sites is 1. The summed E-state index contributed by atoms with van der Waals surface area (Å²) in [6.07, 6.45) is 2.00. The number of carbonyl (C=O) groups excluding carboxylic acids is 1. The van der Waals surface area contributed by atoms with Crippen LogP contribution in [0.4, 0.5) is 5.69 Å². The highest BCUT2D eigenvalue weighted by Crippen LogP contribution is 2.35. The minimum atomic E-state index is -3.56. The number of amides is 1. The number of anilines is 1. The minimum absolute atomic E-state index is 0.132. The predicted octanol–water partition coefficient (Wildman–Crippen LogP) is 3.99. The summed E-state index contributed by atoms with van der Waals surface area (Å²) in [7, 11) is -3.56. The summed E-state index contributed by atoms with van der Waals surface area (Å²) in [5.41, 5.74) is 4.86. The highest BCUT2D eigenvalue weighted by atomic mass is 32.2. The second-order valence-corrected chi connectivity index (χ2v) is 10.7. The van der Waals surface area contributed by atoms with Crippen LogP contribution in [0.2, 0.25) is 0 Å². The van der Waals surface area contributed by atoms with Crippen LogP contribution in [0, 0.1) is 26.7 Å². The fourth-order valence-corrected chi connectivity index (χ4v) is 7.03. The lowest BCUT2D eigenvalue weighted by Gasteiger charge is -2.34. The Morgan fingerprint density at radius 3 is 2.23 bits per heavy atom. The molecule has 0 N–H and O–H groups in total. The standard InChI is InChI=1S/C24H30N2O3S/c1-16-13-17(2)23(18(3)14-16)30(28,29)25-11-9-20(10-12-25)24(27)26-19(4)15-21-7-5-6-8-22(21)26/h5-8,13-14,19-20H,9-12,15H2,1-4H3. The topological polar surface area (TPSA) is 57.7 Å². The maximum atomic E-state index is 13.3. The molecule has 0 radical (unpaired) electrons. The molecule has 1 saturated heterocycles. The molecule has 30 heavy (non-hydrogen) atoms. The van der Waals surface area contributed by atoms with Crippen molar-refractivity contribution in [3.05, 3.63) is 58.7 Å². The largest absolute Gasteiger partial charge is 0.309 e. The number of piperidine rings is 1. The number of hydrogen-bond acceptors (Lipinski definition) is 3. The van der Waals surface area contributed by atoms with E-state index in [0.29, 0.717) is 30.8 Å². The Bertz CT molecular complexity index is 1060. The van der Waals surface area contributed by atoms with Crippen LogP contribution in [-0.2, 0) is 21.2 Å². The predicted molar refractivity (Wildman–Crippen MR) is 119 cm³/mol. The highest BCUT2D eigenvalue weighted by Gasteiger charge is 2.38. The molecule has 0 spiro atoms. The van der Waals surface area contributed by atoms with E-state index in [1.54, 1.807) is 4.31 Å². The quantitative estimate of drug-likeness (QED) is 0.746. The van der Waals surface area contributed by atoms with Gasteiger partial charge < -0.3 is 4.90 Å². The highest BCUT2D eigenvalue weighted by molar-refractivity contribution is 7.89. The average Bonchev–Trinajstić information content (AvgIpc) is 3.02. The van der Waals surface area contributed by atoms with E-state index in [0.717, 1.165) is 28.8 Å². The number of aryl methyl sites for hydroxylation is 3. The maximum absolute atomic E-state index is 13.3. The van der Waals surface area contributed by atoms with Gasteiger partial charge in [0.15, 0.2) is 0 Å². The molecule has 1 atom stereocenters. The van der Waals surface area contributed by atoms with Crippen molar-refractivity contribution in [1.29, 1.82) is 0 Å². The number of fused-ring (bicyclic) bond motifs is 1. The number of sulfonamides is 1. The molecular weight excluding hydrogens is 396 g/mol. The molecule has 0 bridgehead atoms. The first kappa shape index (κ1) is 21.1. The number of benzene rings is 2. The van der Waals surface area contributed by atoms with Crippen LogP contribution in [0.5, 0.6) is 0 Å². The first-order chi connectivity index (χ1) is 14.2. The van der Waals surface area contributed by atoms with Gasteiger partial charge in [0.1, 0.15) is 0 Å². The molecule has 2 aromatic rings. The summed E-state index contributed by atoms with van der Waals surface area (Å²) < 4.78 is 28.2. The maximum Gasteiger partial charge on any atom is 0.243 e. The molecular formula is C24H30N2O3S. The normalized spacial score (nSPS) is 20.4. The first-order valence-corrected chi connectivity index (χ1v) is 12.1. The molecule has 0 aromatic heterocycles. The molecule has 4 rings (SSSR count). The number of rotatable bonds is 3. The average molecular weight is 427 g/mol. The van der Waals surface area contributed by atoms with Crippen molar-refractivity contribution < 1.29 is 13.2 Å². The van der Waals surface area contributed by atoms with Crippen molar-refractivity contribution in [2.45, 2.75) is 57.9 Å². The van der Waals surface area contributed by atoms with Crippen LogP contribution in [0.1, 0.15) is 42.0 Å². The zero-order chi connectivity index (χ0) is 21.6. The molecule has 1 fully saturated rings. The third-order valence-electron chi connectivity index (χ3n) is 6.45. The van der Waals surface area contributed by atoms with Gasteiger partial charge in [0.2, 0.25) is 15.9 Å². The Kier molecular flexibility index (Phi) is 5.49. The van der Waals surface area contributed by atoms with Crippen molar-refractivity contribution in [1.82, 2.24) is 4.31 Å². The van der Waals surface area contributed by atoms with Crippen LogP contribution in [-0.4, -0.2) is 37.8 Å². The van der Waals surface area contributed by atoms with Crippen LogP contribution < -0.4 is 4.90 Å². The molecule has 1 unspecified atom stereocenters. The summed E-state index contributed by atoms with van der Waals surface area (Å²) in [6, 6.07) is 12.1. The zero-order valence-corrected chi connectivity index (χ0v) is 19.0. The van der Waals surface area contributed by atoms with Crippen molar-refractivity contribution in [3.63, 3.8) is 0 Å². The van der Waals surface area contributed by atoms with Crippen LogP contribution in [0.3, 0.4) is 0 Å². The van der Waals surface area contributed by atoms with Gasteiger partial charge in [-0.2, -0.15) is 4.31 Å². The van der Waals surface area contributed by atoms with Gasteiger partial charge in [-0.3, -0.25) is 4.79 Å². The minimum Gasteiger partial charge on any atom is -0.309 e. The molecule has 1 amide bonds. The van der Waals surface area contributed by atoms with Gasteiger partial charge in [0, 0.05) is 30.7 Å². The van der Waals surface area contributed by atoms with Crippen molar-refractivity contribution in [2.75, 3.05) is 18.0 Å². The Balaban J connectivity index is 1.50. The van der Waals surface area contributed by atoms with Gasteiger partial charge in [-0.15, -0.1) is 0 Å². The third-order valence-corrected chi connectivity index (χ3v) is 8.66. The lowest BCUT2D eigenvalue weighted by atomic mass is 9.96. The monoisotopic (exact) mass is 426 g/mol. The molecule has 0 aliphatic carbocycles. The van der Waals surface area contributed by atoms with Gasteiger partial charge >= 0.3 is 0 Å². The molecule has 6 heteroatoms. The molecule has 0 saturated carbocycles. The van der Waals surface area contributed by atoms with E-state index in [1.807, 2.05) is 56.0 Å². The van der Waals surface area contributed by atoms with Crippen molar-refractivity contribution in [3.8, 4) is 0 Å². The van der Waals surface area contributed by atoms with E-state index in [2.05, 4.69) is 13.0 Å². The van der Waals surface area contributed by atoms with E-state index < -0.39 is 10.0 Å². The van der Waals surface area contributed by atoms with E-state index in [4.69, 9.17) is 0 Å². The fraction of sp³-hybridized carbons (Fsp3) is 0.458. The lowest BCUT2D eigenvalue weighted by molar-refractivity contribution is -0.123.